The lowest BCUT2D eigenvalue weighted by molar-refractivity contribution is -0.121. The first-order valence-corrected chi connectivity index (χ1v) is 5.01. The fourth-order valence-corrected chi connectivity index (χ4v) is 2.54. The van der Waals surface area contributed by atoms with Crippen molar-refractivity contribution in [2.45, 2.75) is 19.3 Å². The van der Waals surface area contributed by atoms with Gasteiger partial charge in [0.25, 0.3) is 0 Å². The van der Waals surface area contributed by atoms with Gasteiger partial charge in [-0.2, -0.15) is 0 Å². The number of amides is 1. The van der Waals surface area contributed by atoms with E-state index in [-0.39, 0.29) is 11.8 Å². The number of hydrogen-bond donors (Lipinski definition) is 1. The van der Waals surface area contributed by atoms with Gasteiger partial charge in [0.1, 0.15) is 0 Å². The number of carbonyl (C=O) groups excluding carboxylic acids is 1. The third-order valence-corrected chi connectivity index (χ3v) is 3.40. The average Bonchev–Trinajstić information content (AvgIpc) is 2.46. The standard InChI is InChI=1S/C9H11NOS/c1-6-8-7(3-5-12-8)2-4-10-9(6)11/h3,5-6H,2,4H2,1H3,(H,10,11). The molecule has 1 N–H and O–H groups in total. The van der Waals surface area contributed by atoms with Crippen molar-refractivity contribution in [3.05, 3.63) is 21.9 Å². The molecule has 2 heterocycles. The zero-order valence-corrected chi connectivity index (χ0v) is 7.78. The highest BCUT2D eigenvalue weighted by Crippen LogP contribution is 2.27. The molecule has 0 bridgehead atoms. The maximum Gasteiger partial charge on any atom is 0.228 e. The fraction of sp³-hybridized carbons (Fsp3) is 0.444. The van der Waals surface area contributed by atoms with Gasteiger partial charge in [0.05, 0.1) is 5.92 Å². The van der Waals surface area contributed by atoms with Gasteiger partial charge in [-0.3, -0.25) is 4.79 Å². The Bertz CT molecular complexity index is 305. The number of fused-ring (bicyclic) bond motifs is 1. The highest BCUT2D eigenvalue weighted by molar-refractivity contribution is 7.10. The van der Waals surface area contributed by atoms with Crippen LogP contribution < -0.4 is 5.32 Å². The number of rotatable bonds is 0. The minimum atomic E-state index is 0.0440. The first-order chi connectivity index (χ1) is 5.79. The van der Waals surface area contributed by atoms with Crippen LogP contribution in [0, 0.1) is 0 Å². The summed E-state index contributed by atoms with van der Waals surface area (Å²) in [5.41, 5.74) is 1.34. The van der Waals surface area contributed by atoms with Crippen molar-refractivity contribution < 1.29 is 4.79 Å². The van der Waals surface area contributed by atoms with Gasteiger partial charge in [-0.05, 0) is 30.4 Å². The predicted octanol–water partition coefficient (Wildman–Crippen LogP) is 1.52. The topological polar surface area (TPSA) is 29.1 Å². The van der Waals surface area contributed by atoms with Crippen molar-refractivity contribution in [3.63, 3.8) is 0 Å². The molecule has 0 radical (unpaired) electrons. The first kappa shape index (κ1) is 7.80. The predicted molar refractivity (Wildman–Crippen MR) is 49.4 cm³/mol. The quantitative estimate of drug-likeness (QED) is 0.646. The van der Waals surface area contributed by atoms with E-state index in [1.54, 1.807) is 11.3 Å². The Labute approximate surface area is 75.6 Å². The van der Waals surface area contributed by atoms with Crippen LogP contribution >= 0.6 is 11.3 Å². The lowest BCUT2D eigenvalue weighted by atomic mass is 10.1. The van der Waals surface area contributed by atoms with E-state index < -0.39 is 0 Å². The van der Waals surface area contributed by atoms with Gasteiger partial charge in [0.2, 0.25) is 5.91 Å². The summed E-state index contributed by atoms with van der Waals surface area (Å²) < 4.78 is 0. The van der Waals surface area contributed by atoms with Crippen LogP contribution in [0.4, 0.5) is 0 Å². The van der Waals surface area contributed by atoms with Gasteiger partial charge in [-0.25, -0.2) is 0 Å². The minimum absolute atomic E-state index is 0.0440. The molecular weight excluding hydrogens is 170 g/mol. The smallest absolute Gasteiger partial charge is 0.228 e. The van der Waals surface area contributed by atoms with Crippen molar-refractivity contribution in [3.8, 4) is 0 Å². The molecule has 1 unspecified atom stereocenters. The highest BCUT2D eigenvalue weighted by Gasteiger charge is 2.22. The molecule has 1 aromatic heterocycles. The summed E-state index contributed by atoms with van der Waals surface area (Å²) in [4.78, 5) is 12.6. The Kier molecular flexibility index (Phi) is 1.89. The van der Waals surface area contributed by atoms with E-state index in [0.29, 0.717) is 0 Å². The summed E-state index contributed by atoms with van der Waals surface area (Å²) in [6, 6.07) is 2.12. The van der Waals surface area contributed by atoms with Gasteiger partial charge in [0.15, 0.2) is 0 Å². The SMILES string of the molecule is CC1C(=O)NCCc2ccsc21. The number of carbonyl (C=O) groups is 1. The molecule has 64 valence electrons. The lowest BCUT2D eigenvalue weighted by Crippen LogP contribution is -2.26. The average molecular weight is 181 g/mol. The molecular formula is C9H11NOS. The summed E-state index contributed by atoms with van der Waals surface area (Å²) in [6.45, 7) is 2.75. The molecule has 0 aromatic carbocycles. The van der Waals surface area contributed by atoms with Crippen molar-refractivity contribution in [1.82, 2.24) is 5.32 Å². The number of hydrogen-bond acceptors (Lipinski definition) is 2. The summed E-state index contributed by atoms with van der Waals surface area (Å²) in [5.74, 6) is 0.207. The molecule has 0 aliphatic carbocycles. The van der Waals surface area contributed by atoms with E-state index in [1.807, 2.05) is 6.92 Å². The monoisotopic (exact) mass is 181 g/mol. The Balaban J connectivity index is 2.41. The van der Waals surface area contributed by atoms with Gasteiger partial charge in [-0.1, -0.05) is 0 Å². The maximum absolute atomic E-state index is 11.4. The second-order valence-electron chi connectivity index (χ2n) is 3.07. The molecule has 0 saturated carbocycles. The summed E-state index contributed by atoms with van der Waals surface area (Å²) in [7, 11) is 0. The van der Waals surface area contributed by atoms with Gasteiger partial charge in [0, 0.05) is 11.4 Å². The van der Waals surface area contributed by atoms with Crippen molar-refractivity contribution >= 4 is 17.2 Å². The van der Waals surface area contributed by atoms with Crippen LogP contribution in [-0.4, -0.2) is 12.5 Å². The van der Waals surface area contributed by atoms with Crippen molar-refractivity contribution in [2.24, 2.45) is 0 Å². The van der Waals surface area contributed by atoms with E-state index >= 15 is 0 Å². The molecule has 1 aromatic rings. The molecule has 3 heteroatoms. The van der Waals surface area contributed by atoms with Crippen LogP contribution in [0.25, 0.3) is 0 Å². The fourth-order valence-electron chi connectivity index (χ4n) is 1.53. The summed E-state index contributed by atoms with van der Waals surface area (Å²) >= 11 is 1.69. The van der Waals surface area contributed by atoms with Crippen molar-refractivity contribution in [1.29, 1.82) is 0 Å². The van der Waals surface area contributed by atoms with Crippen LogP contribution in [0.3, 0.4) is 0 Å². The Morgan fingerprint density at radius 2 is 2.50 bits per heavy atom. The van der Waals surface area contributed by atoms with Gasteiger partial charge < -0.3 is 5.32 Å². The van der Waals surface area contributed by atoms with E-state index in [9.17, 15) is 4.79 Å². The molecule has 0 spiro atoms. The van der Waals surface area contributed by atoms with Crippen LogP contribution in [0.1, 0.15) is 23.3 Å². The third kappa shape index (κ3) is 1.14. The molecule has 1 atom stereocenters. The Hall–Kier alpha value is -0.830. The molecule has 0 saturated heterocycles. The molecule has 2 nitrogen and oxygen atoms in total. The number of thiophene rings is 1. The second-order valence-corrected chi connectivity index (χ2v) is 4.02. The summed E-state index contributed by atoms with van der Waals surface area (Å²) in [5, 5.41) is 4.96. The molecule has 0 fully saturated rings. The van der Waals surface area contributed by atoms with E-state index in [2.05, 4.69) is 16.8 Å². The molecule has 12 heavy (non-hydrogen) atoms. The third-order valence-electron chi connectivity index (χ3n) is 2.26. The van der Waals surface area contributed by atoms with E-state index in [1.165, 1.54) is 10.4 Å². The Morgan fingerprint density at radius 1 is 1.67 bits per heavy atom. The zero-order valence-electron chi connectivity index (χ0n) is 6.96. The van der Waals surface area contributed by atoms with Gasteiger partial charge >= 0.3 is 0 Å². The summed E-state index contributed by atoms with van der Waals surface area (Å²) in [6.07, 6.45) is 0.981. The van der Waals surface area contributed by atoms with Crippen LogP contribution in [-0.2, 0) is 11.2 Å². The lowest BCUT2D eigenvalue weighted by Gasteiger charge is -2.05. The minimum Gasteiger partial charge on any atom is -0.355 e. The largest absolute Gasteiger partial charge is 0.355 e. The number of nitrogens with one attached hydrogen (secondary N) is 1. The normalized spacial score (nSPS) is 22.8. The van der Waals surface area contributed by atoms with Crippen LogP contribution in [0.5, 0.6) is 0 Å². The molecule has 1 aliphatic heterocycles. The van der Waals surface area contributed by atoms with E-state index in [0.717, 1.165) is 13.0 Å². The van der Waals surface area contributed by atoms with Crippen LogP contribution in [0.2, 0.25) is 0 Å². The van der Waals surface area contributed by atoms with E-state index in [4.69, 9.17) is 0 Å². The van der Waals surface area contributed by atoms with Crippen molar-refractivity contribution in [2.75, 3.05) is 6.54 Å². The second kappa shape index (κ2) is 2.90. The molecule has 2 rings (SSSR count). The first-order valence-electron chi connectivity index (χ1n) is 4.13. The highest BCUT2D eigenvalue weighted by atomic mass is 32.1. The van der Waals surface area contributed by atoms with Gasteiger partial charge in [-0.15, -0.1) is 11.3 Å². The zero-order chi connectivity index (χ0) is 8.55. The Morgan fingerprint density at radius 3 is 3.33 bits per heavy atom. The van der Waals surface area contributed by atoms with Crippen LogP contribution in [0.15, 0.2) is 11.4 Å². The maximum atomic E-state index is 11.4. The molecule has 1 amide bonds. The molecule has 1 aliphatic rings.